The highest BCUT2D eigenvalue weighted by Crippen LogP contribution is 2.40. The highest BCUT2D eigenvalue weighted by molar-refractivity contribution is 6.30. The SMILES string of the molecule is O=C1c2oc3ccc(F)cc3c(=O)c2[C@H](c2ccc(Cl)cc2)N1c1ccccn1. The molecule has 7 heteroatoms. The van der Waals surface area contributed by atoms with Gasteiger partial charge in [-0.1, -0.05) is 29.8 Å². The van der Waals surface area contributed by atoms with E-state index in [1.807, 2.05) is 0 Å². The number of hydrogen-bond donors (Lipinski definition) is 0. The normalized spacial score (nSPS) is 15.7. The van der Waals surface area contributed by atoms with Crippen LogP contribution in [0.2, 0.25) is 5.02 Å². The molecule has 0 spiro atoms. The van der Waals surface area contributed by atoms with Crippen molar-refractivity contribution in [3.8, 4) is 0 Å². The first kappa shape index (κ1) is 17.6. The number of benzene rings is 2. The van der Waals surface area contributed by atoms with Gasteiger partial charge in [-0.15, -0.1) is 0 Å². The van der Waals surface area contributed by atoms with Crippen LogP contribution in [-0.4, -0.2) is 10.9 Å². The molecule has 0 unspecified atom stereocenters. The maximum Gasteiger partial charge on any atom is 0.296 e. The quantitative estimate of drug-likeness (QED) is 0.482. The van der Waals surface area contributed by atoms with Crippen molar-refractivity contribution in [2.24, 2.45) is 0 Å². The molecular formula is C22H12ClFN2O3. The summed E-state index contributed by atoms with van der Waals surface area (Å²) >= 11 is 6.01. The van der Waals surface area contributed by atoms with E-state index in [0.717, 1.165) is 6.07 Å². The molecule has 29 heavy (non-hydrogen) atoms. The summed E-state index contributed by atoms with van der Waals surface area (Å²) in [6.07, 6.45) is 1.56. The Labute approximate surface area is 169 Å². The van der Waals surface area contributed by atoms with Gasteiger partial charge in [0.05, 0.1) is 17.0 Å². The van der Waals surface area contributed by atoms with Gasteiger partial charge in [-0.25, -0.2) is 9.37 Å². The van der Waals surface area contributed by atoms with Crippen LogP contribution in [-0.2, 0) is 0 Å². The topological polar surface area (TPSA) is 63.4 Å². The summed E-state index contributed by atoms with van der Waals surface area (Å²) in [5.41, 5.74) is 0.519. The zero-order valence-corrected chi connectivity index (χ0v) is 15.6. The molecule has 0 saturated carbocycles. The van der Waals surface area contributed by atoms with E-state index in [4.69, 9.17) is 16.0 Å². The Kier molecular flexibility index (Phi) is 3.96. The van der Waals surface area contributed by atoms with Crippen molar-refractivity contribution >= 4 is 34.3 Å². The maximum absolute atomic E-state index is 13.8. The second-order valence-electron chi connectivity index (χ2n) is 6.63. The fourth-order valence-electron chi connectivity index (χ4n) is 3.64. The number of carbonyl (C=O) groups excluding carboxylic acids is 1. The molecule has 0 fully saturated rings. The molecule has 1 amide bonds. The van der Waals surface area contributed by atoms with Crippen LogP contribution in [0, 0.1) is 5.82 Å². The molecule has 1 aliphatic heterocycles. The Bertz CT molecular complexity index is 1320. The van der Waals surface area contributed by atoms with Gasteiger partial charge in [-0.05, 0) is 48.0 Å². The van der Waals surface area contributed by atoms with Crippen molar-refractivity contribution in [1.82, 2.24) is 4.98 Å². The van der Waals surface area contributed by atoms with Gasteiger partial charge in [0.25, 0.3) is 5.91 Å². The third-order valence-electron chi connectivity index (χ3n) is 4.91. The minimum absolute atomic E-state index is 0.0697. The molecule has 1 aliphatic rings. The summed E-state index contributed by atoms with van der Waals surface area (Å²) in [7, 11) is 0. The van der Waals surface area contributed by atoms with Crippen LogP contribution in [0.1, 0.15) is 27.7 Å². The summed E-state index contributed by atoms with van der Waals surface area (Å²) in [6.45, 7) is 0. The molecule has 2 aromatic heterocycles. The molecule has 2 aromatic carbocycles. The molecule has 5 rings (SSSR count). The van der Waals surface area contributed by atoms with Gasteiger partial charge in [-0.2, -0.15) is 0 Å². The lowest BCUT2D eigenvalue weighted by molar-refractivity contribution is 0.0970. The van der Waals surface area contributed by atoms with E-state index in [1.165, 1.54) is 17.0 Å². The number of carbonyl (C=O) groups is 1. The van der Waals surface area contributed by atoms with E-state index in [2.05, 4.69) is 4.98 Å². The second kappa shape index (κ2) is 6.53. The molecule has 3 heterocycles. The Morgan fingerprint density at radius 1 is 1.03 bits per heavy atom. The highest BCUT2D eigenvalue weighted by Gasteiger charge is 2.44. The van der Waals surface area contributed by atoms with Crippen LogP contribution < -0.4 is 10.3 Å². The number of aromatic nitrogens is 1. The predicted molar refractivity (Wildman–Crippen MR) is 107 cm³/mol. The predicted octanol–water partition coefficient (Wildman–Crippen LogP) is 4.73. The summed E-state index contributed by atoms with van der Waals surface area (Å²) < 4.78 is 19.5. The number of rotatable bonds is 2. The molecule has 5 nitrogen and oxygen atoms in total. The minimum atomic E-state index is -0.770. The molecule has 0 aliphatic carbocycles. The lowest BCUT2D eigenvalue weighted by atomic mass is 9.98. The Balaban J connectivity index is 1.83. The Hall–Kier alpha value is -3.51. The van der Waals surface area contributed by atoms with Crippen LogP contribution in [0.5, 0.6) is 0 Å². The van der Waals surface area contributed by atoms with Crippen LogP contribution in [0.3, 0.4) is 0 Å². The van der Waals surface area contributed by atoms with Gasteiger partial charge >= 0.3 is 0 Å². The molecule has 4 aromatic rings. The summed E-state index contributed by atoms with van der Waals surface area (Å²) in [6, 6.07) is 14.9. The van der Waals surface area contributed by atoms with E-state index < -0.39 is 23.2 Å². The largest absolute Gasteiger partial charge is 0.450 e. The second-order valence-corrected chi connectivity index (χ2v) is 7.07. The smallest absolute Gasteiger partial charge is 0.296 e. The van der Waals surface area contributed by atoms with Crippen molar-refractivity contribution in [2.75, 3.05) is 4.90 Å². The highest BCUT2D eigenvalue weighted by atomic mass is 35.5. The fraction of sp³-hybridized carbons (Fsp3) is 0.0455. The lowest BCUT2D eigenvalue weighted by Gasteiger charge is -2.24. The maximum atomic E-state index is 13.8. The molecule has 0 saturated heterocycles. The van der Waals surface area contributed by atoms with Crippen LogP contribution in [0.4, 0.5) is 10.2 Å². The molecular weight excluding hydrogens is 395 g/mol. The van der Waals surface area contributed by atoms with E-state index in [0.29, 0.717) is 16.4 Å². The van der Waals surface area contributed by atoms with Crippen molar-refractivity contribution < 1.29 is 13.6 Å². The van der Waals surface area contributed by atoms with Crippen LogP contribution >= 0.6 is 11.6 Å². The number of halogens is 2. The van der Waals surface area contributed by atoms with Crippen molar-refractivity contribution in [3.63, 3.8) is 0 Å². The number of nitrogens with zero attached hydrogens (tertiary/aromatic N) is 2. The van der Waals surface area contributed by atoms with Gasteiger partial charge < -0.3 is 4.42 Å². The first-order chi connectivity index (χ1) is 14.0. The lowest BCUT2D eigenvalue weighted by Crippen LogP contribution is -2.30. The number of amides is 1. The molecule has 0 bridgehead atoms. The van der Waals surface area contributed by atoms with Crippen molar-refractivity contribution in [1.29, 1.82) is 0 Å². The molecule has 142 valence electrons. The average molecular weight is 407 g/mol. The molecule has 0 radical (unpaired) electrons. The summed E-state index contributed by atoms with van der Waals surface area (Å²) in [5.74, 6) is -0.737. The summed E-state index contributed by atoms with van der Waals surface area (Å²) in [5, 5.41) is 0.605. The number of fused-ring (bicyclic) bond motifs is 2. The van der Waals surface area contributed by atoms with Gasteiger partial charge in [0.2, 0.25) is 5.76 Å². The first-order valence-electron chi connectivity index (χ1n) is 8.81. The van der Waals surface area contributed by atoms with Gasteiger partial charge in [-0.3, -0.25) is 14.5 Å². The zero-order valence-electron chi connectivity index (χ0n) is 14.8. The van der Waals surface area contributed by atoms with Gasteiger partial charge in [0.15, 0.2) is 5.43 Å². The minimum Gasteiger partial charge on any atom is -0.450 e. The van der Waals surface area contributed by atoms with E-state index in [-0.39, 0.29) is 22.3 Å². The standard InChI is InChI=1S/C22H12ClFN2O3/c23-13-6-4-12(5-7-13)19-18-20(27)15-11-14(24)8-9-16(15)29-21(18)22(28)26(19)17-3-1-2-10-25-17/h1-11,19H/t19-/m0/s1. The molecule has 0 N–H and O–H groups in total. The van der Waals surface area contributed by atoms with Crippen LogP contribution in [0.15, 0.2) is 76.1 Å². The van der Waals surface area contributed by atoms with Crippen molar-refractivity contribution in [2.45, 2.75) is 6.04 Å². The van der Waals surface area contributed by atoms with Crippen LogP contribution in [0.25, 0.3) is 11.0 Å². The first-order valence-corrected chi connectivity index (χ1v) is 9.19. The Morgan fingerprint density at radius 3 is 2.55 bits per heavy atom. The number of hydrogen-bond acceptors (Lipinski definition) is 4. The van der Waals surface area contributed by atoms with E-state index in [1.54, 1.807) is 48.7 Å². The monoisotopic (exact) mass is 406 g/mol. The fourth-order valence-corrected chi connectivity index (χ4v) is 3.76. The third-order valence-corrected chi connectivity index (χ3v) is 5.17. The van der Waals surface area contributed by atoms with E-state index in [9.17, 15) is 14.0 Å². The zero-order chi connectivity index (χ0) is 20.1. The third kappa shape index (κ3) is 2.72. The molecule has 1 atom stereocenters. The van der Waals surface area contributed by atoms with Gasteiger partial charge in [0.1, 0.15) is 17.2 Å². The number of pyridine rings is 1. The van der Waals surface area contributed by atoms with Crippen molar-refractivity contribution in [3.05, 3.63) is 105 Å². The number of anilines is 1. The van der Waals surface area contributed by atoms with Gasteiger partial charge in [0, 0.05) is 11.2 Å². The summed E-state index contributed by atoms with van der Waals surface area (Å²) in [4.78, 5) is 32.2. The van der Waals surface area contributed by atoms with E-state index >= 15 is 0 Å². The average Bonchev–Trinajstić information content (AvgIpc) is 3.03. The Morgan fingerprint density at radius 2 is 1.83 bits per heavy atom.